The molecule has 1 aliphatic heterocycles. The lowest BCUT2D eigenvalue weighted by molar-refractivity contribution is 0.204. The highest BCUT2D eigenvalue weighted by atomic mass is 16.5. The maximum absolute atomic E-state index is 13.0. The molecule has 6 nitrogen and oxygen atoms in total. The van der Waals surface area contributed by atoms with Crippen LogP contribution in [0.15, 0.2) is 52.7 Å². The number of nitrogens with one attached hydrogen (secondary N) is 1. The van der Waals surface area contributed by atoms with Crippen molar-refractivity contribution in [2.75, 3.05) is 6.54 Å². The van der Waals surface area contributed by atoms with Crippen molar-refractivity contribution in [2.24, 2.45) is 0 Å². The summed E-state index contributed by atoms with van der Waals surface area (Å²) in [6.45, 7) is 11.0. The summed E-state index contributed by atoms with van der Waals surface area (Å²) in [6, 6.07) is 14.0. The van der Waals surface area contributed by atoms with Crippen LogP contribution >= 0.6 is 0 Å². The van der Waals surface area contributed by atoms with Crippen molar-refractivity contribution in [2.45, 2.75) is 59.9 Å². The molecule has 0 saturated heterocycles. The molecule has 0 bridgehead atoms. The quantitative estimate of drug-likeness (QED) is 0.470. The van der Waals surface area contributed by atoms with Crippen LogP contribution in [0.1, 0.15) is 67.8 Å². The molecule has 1 unspecified atom stereocenters. The van der Waals surface area contributed by atoms with Gasteiger partial charge < -0.3 is 9.84 Å². The number of carbonyl (C=O) groups excluding carboxylic acids is 1. The van der Waals surface area contributed by atoms with Gasteiger partial charge in [-0.15, -0.1) is 0 Å². The van der Waals surface area contributed by atoms with Crippen LogP contribution < -0.4 is 5.32 Å². The van der Waals surface area contributed by atoms with Crippen LogP contribution in [0, 0.1) is 13.8 Å². The first-order chi connectivity index (χ1) is 15.9. The standard InChI is InChI=1S/C27H32N4O2/c1-6-8-15-31-19(5)23(24(28-27(31)32)22-12-9-17(3)18(4)16-22)26-29-25(30-33-26)21-13-10-20(7-2)11-14-21/h9-14,16,24H,6-8,15H2,1-5H3,(H,28,32). The minimum Gasteiger partial charge on any atom is -0.334 e. The molecule has 6 heteroatoms. The Labute approximate surface area is 195 Å². The highest BCUT2D eigenvalue weighted by Crippen LogP contribution is 2.38. The highest BCUT2D eigenvalue weighted by molar-refractivity contribution is 5.87. The van der Waals surface area contributed by atoms with Gasteiger partial charge in [0.1, 0.15) is 0 Å². The Morgan fingerprint density at radius 3 is 2.45 bits per heavy atom. The van der Waals surface area contributed by atoms with Crippen molar-refractivity contribution in [3.05, 3.63) is 76.3 Å². The first-order valence-corrected chi connectivity index (χ1v) is 11.7. The summed E-state index contributed by atoms with van der Waals surface area (Å²) in [5.74, 6) is 0.982. The van der Waals surface area contributed by atoms with Gasteiger partial charge in [-0.3, -0.25) is 4.90 Å². The van der Waals surface area contributed by atoms with Crippen molar-refractivity contribution < 1.29 is 9.32 Å². The molecule has 0 aliphatic carbocycles. The van der Waals surface area contributed by atoms with Gasteiger partial charge in [-0.1, -0.05) is 67.9 Å². The maximum atomic E-state index is 13.0. The fraction of sp³-hybridized carbons (Fsp3) is 0.370. The number of hydrogen-bond donors (Lipinski definition) is 1. The summed E-state index contributed by atoms with van der Waals surface area (Å²) in [5, 5.41) is 7.45. The molecule has 3 aromatic rings. The number of carbonyl (C=O) groups is 1. The first kappa shape index (κ1) is 22.8. The van der Waals surface area contributed by atoms with Crippen LogP contribution in [-0.2, 0) is 6.42 Å². The average molecular weight is 445 g/mol. The van der Waals surface area contributed by atoms with Gasteiger partial charge in [0.2, 0.25) is 5.82 Å². The zero-order valence-electron chi connectivity index (χ0n) is 20.1. The average Bonchev–Trinajstić information content (AvgIpc) is 3.30. The number of allylic oxidation sites excluding steroid dienone is 1. The van der Waals surface area contributed by atoms with Gasteiger partial charge in [-0.2, -0.15) is 4.98 Å². The predicted molar refractivity (Wildman–Crippen MR) is 131 cm³/mol. The highest BCUT2D eigenvalue weighted by Gasteiger charge is 2.35. The summed E-state index contributed by atoms with van der Waals surface area (Å²) in [4.78, 5) is 19.6. The molecule has 1 aliphatic rings. The van der Waals surface area contributed by atoms with Crippen molar-refractivity contribution in [1.29, 1.82) is 0 Å². The van der Waals surface area contributed by atoms with E-state index in [0.29, 0.717) is 18.3 Å². The number of benzene rings is 2. The summed E-state index contributed by atoms with van der Waals surface area (Å²) in [7, 11) is 0. The third-order valence-corrected chi connectivity index (χ3v) is 6.47. The van der Waals surface area contributed by atoms with E-state index in [2.05, 4.69) is 68.5 Å². The van der Waals surface area contributed by atoms with Gasteiger partial charge in [0.25, 0.3) is 5.89 Å². The Balaban J connectivity index is 1.78. The number of rotatable bonds is 7. The number of unbranched alkanes of at least 4 members (excludes halogenated alkanes) is 1. The summed E-state index contributed by atoms with van der Waals surface area (Å²) < 4.78 is 5.78. The number of hydrogen-bond acceptors (Lipinski definition) is 4. The molecule has 0 radical (unpaired) electrons. The fourth-order valence-electron chi connectivity index (χ4n) is 4.18. The minimum absolute atomic E-state index is 0.0946. The van der Waals surface area contributed by atoms with Crippen molar-refractivity contribution in [3.8, 4) is 11.4 Å². The number of urea groups is 1. The molecule has 0 fully saturated rings. The summed E-state index contributed by atoms with van der Waals surface area (Å²) in [6.07, 6.45) is 2.91. The van der Waals surface area contributed by atoms with Gasteiger partial charge in [0.15, 0.2) is 0 Å². The van der Waals surface area contributed by atoms with E-state index < -0.39 is 0 Å². The van der Waals surface area contributed by atoms with Crippen molar-refractivity contribution >= 4 is 11.6 Å². The second-order valence-corrected chi connectivity index (χ2v) is 8.70. The molecule has 2 heterocycles. The third kappa shape index (κ3) is 4.56. The summed E-state index contributed by atoms with van der Waals surface area (Å²) >= 11 is 0. The Morgan fingerprint density at radius 2 is 1.79 bits per heavy atom. The Bertz CT molecular complexity index is 1180. The molecular weight excluding hydrogens is 412 g/mol. The molecule has 1 atom stereocenters. The molecule has 0 saturated carbocycles. The normalized spacial score (nSPS) is 16.3. The van der Waals surface area contributed by atoms with Crippen LogP contribution in [0.25, 0.3) is 17.0 Å². The molecule has 2 aromatic carbocycles. The van der Waals surface area contributed by atoms with Crippen LogP contribution in [0.2, 0.25) is 0 Å². The van der Waals surface area contributed by atoms with E-state index in [1.165, 1.54) is 16.7 Å². The topological polar surface area (TPSA) is 71.3 Å². The van der Waals surface area contributed by atoms with Gasteiger partial charge in [-0.05, 0) is 55.9 Å². The number of amides is 2. The zero-order valence-corrected chi connectivity index (χ0v) is 20.1. The molecule has 2 amide bonds. The van der Waals surface area contributed by atoms with Crippen LogP contribution in [0.5, 0.6) is 0 Å². The monoisotopic (exact) mass is 444 g/mol. The molecule has 1 aromatic heterocycles. The Hall–Kier alpha value is -3.41. The molecular formula is C27H32N4O2. The molecule has 172 valence electrons. The van der Waals surface area contributed by atoms with E-state index in [1.807, 2.05) is 19.1 Å². The minimum atomic E-state index is -0.356. The number of nitrogens with zero attached hydrogens (tertiary/aromatic N) is 3. The molecule has 33 heavy (non-hydrogen) atoms. The van der Waals surface area contributed by atoms with E-state index in [9.17, 15) is 4.79 Å². The van der Waals surface area contributed by atoms with Gasteiger partial charge in [-0.25, -0.2) is 4.79 Å². The molecule has 1 N–H and O–H groups in total. The summed E-state index contributed by atoms with van der Waals surface area (Å²) in [5.41, 5.74) is 7.26. The fourth-order valence-corrected chi connectivity index (χ4v) is 4.18. The van der Waals surface area contributed by atoms with Gasteiger partial charge >= 0.3 is 6.03 Å². The predicted octanol–water partition coefficient (Wildman–Crippen LogP) is 6.21. The van der Waals surface area contributed by atoms with Crippen LogP contribution in [-0.4, -0.2) is 27.6 Å². The van der Waals surface area contributed by atoms with Crippen molar-refractivity contribution in [3.63, 3.8) is 0 Å². The van der Waals surface area contributed by atoms with E-state index >= 15 is 0 Å². The first-order valence-electron chi connectivity index (χ1n) is 11.7. The molecule has 0 spiro atoms. The SMILES string of the molecule is CCCCN1C(=O)NC(c2ccc(C)c(C)c2)C(c2nc(-c3ccc(CC)cc3)no2)=C1C. The number of aromatic nitrogens is 2. The second kappa shape index (κ2) is 9.61. The van der Waals surface area contributed by atoms with Crippen LogP contribution in [0.3, 0.4) is 0 Å². The van der Waals surface area contributed by atoms with E-state index in [4.69, 9.17) is 9.51 Å². The van der Waals surface area contributed by atoms with Crippen LogP contribution in [0.4, 0.5) is 4.79 Å². The molecule has 4 rings (SSSR count). The lowest BCUT2D eigenvalue weighted by Crippen LogP contribution is -2.46. The maximum Gasteiger partial charge on any atom is 0.322 e. The lowest BCUT2D eigenvalue weighted by atomic mass is 9.92. The largest absolute Gasteiger partial charge is 0.334 e. The second-order valence-electron chi connectivity index (χ2n) is 8.70. The van der Waals surface area contributed by atoms with E-state index in [-0.39, 0.29) is 12.1 Å². The van der Waals surface area contributed by atoms with Gasteiger partial charge in [0.05, 0.1) is 11.6 Å². The Kier molecular flexibility index (Phi) is 6.63. The van der Waals surface area contributed by atoms with E-state index in [0.717, 1.165) is 41.7 Å². The third-order valence-electron chi connectivity index (χ3n) is 6.47. The smallest absolute Gasteiger partial charge is 0.322 e. The number of aryl methyl sites for hydroxylation is 3. The zero-order chi connectivity index (χ0) is 23.5. The van der Waals surface area contributed by atoms with E-state index in [1.54, 1.807) is 4.90 Å². The van der Waals surface area contributed by atoms with Crippen molar-refractivity contribution in [1.82, 2.24) is 20.4 Å². The van der Waals surface area contributed by atoms with Gasteiger partial charge in [0, 0.05) is 17.8 Å². The Morgan fingerprint density at radius 1 is 1.03 bits per heavy atom. The lowest BCUT2D eigenvalue weighted by Gasteiger charge is -2.35.